The number of carboxylic acid groups (broad SMARTS) is 2. The fourth-order valence-corrected chi connectivity index (χ4v) is 1.81. The van der Waals surface area contributed by atoms with Gasteiger partial charge in [0.15, 0.2) is 0 Å². The predicted molar refractivity (Wildman–Crippen MR) is 88.9 cm³/mol. The second-order valence-electron chi connectivity index (χ2n) is 5.26. The van der Waals surface area contributed by atoms with Crippen LogP contribution in [-0.2, 0) is 24.0 Å². The number of hydrogen-bond donors (Lipinski definition) is 7. The molecule has 0 aromatic rings. The van der Waals surface area contributed by atoms with Gasteiger partial charge in [0.1, 0.15) is 18.1 Å². The van der Waals surface area contributed by atoms with E-state index < -0.39 is 60.2 Å². The second kappa shape index (κ2) is 10.5. The lowest BCUT2D eigenvalue weighted by Gasteiger charge is -2.22. The van der Waals surface area contributed by atoms with E-state index in [1.807, 2.05) is 5.32 Å². The average Bonchev–Trinajstić information content (AvgIpc) is 2.50. The monoisotopic (exact) mass is 378 g/mol. The molecule has 0 aliphatic rings. The number of amides is 3. The summed E-state index contributed by atoms with van der Waals surface area (Å²) in [6.07, 6.45) is -0.824. The lowest BCUT2D eigenvalue weighted by atomic mass is 10.2. The molecule has 12 heteroatoms. The van der Waals surface area contributed by atoms with E-state index in [1.165, 1.54) is 13.8 Å². The van der Waals surface area contributed by atoms with Crippen molar-refractivity contribution in [2.75, 3.05) is 5.75 Å². The van der Waals surface area contributed by atoms with E-state index in [1.54, 1.807) is 0 Å². The van der Waals surface area contributed by atoms with Crippen molar-refractivity contribution in [2.45, 2.75) is 44.4 Å². The zero-order valence-corrected chi connectivity index (χ0v) is 14.6. The highest BCUT2D eigenvalue weighted by Crippen LogP contribution is 1.97. The van der Waals surface area contributed by atoms with Crippen molar-refractivity contribution in [3.05, 3.63) is 0 Å². The van der Waals surface area contributed by atoms with Crippen LogP contribution in [0.15, 0.2) is 0 Å². The molecule has 0 saturated carbocycles. The molecular formula is C13H22N4O7S. The number of aliphatic carboxylic acids is 2. The Hall–Kier alpha value is -2.34. The molecule has 0 aliphatic carbocycles. The van der Waals surface area contributed by atoms with Gasteiger partial charge in [-0.05, 0) is 13.8 Å². The molecule has 0 rings (SSSR count). The number of carbonyl (C=O) groups is 5. The summed E-state index contributed by atoms with van der Waals surface area (Å²) in [5, 5.41) is 24.2. The lowest BCUT2D eigenvalue weighted by Crippen LogP contribution is -2.56. The van der Waals surface area contributed by atoms with E-state index in [2.05, 4.69) is 23.3 Å². The molecule has 4 unspecified atom stereocenters. The molecule has 0 heterocycles. The lowest BCUT2D eigenvalue weighted by molar-refractivity contribution is -0.147. The van der Waals surface area contributed by atoms with Gasteiger partial charge in [-0.25, -0.2) is 4.79 Å². The quantitative estimate of drug-likeness (QED) is 0.200. The Morgan fingerprint density at radius 1 is 0.920 bits per heavy atom. The maximum Gasteiger partial charge on any atom is 0.326 e. The van der Waals surface area contributed by atoms with Gasteiger partial charge in [-0.15, -0.1) is 0 Å². The van der Waals surface area contributed by atoms with Crippen LogP contribution in [0, 0.1) is 0 Å². The number of nitrogens with one attached hydrogen (secondary N) is 3. The standard InChI is InChI=1S/C13H22N4O7S/c1-5(14)10(20)15-6(2)11(21)17-8(4-25)12(22)16-7(13(23)24)3-9(18)19/h5-8,25H,3-4,14H2,1-2H3,(H,15,20)(H,16,22)(H,17,21)(H,18,19)(H,23,24). The largest absolute Gasteiger partial charge is 0.481 e. The molecular weight excluding hydrogens is 356 g/mol. The van der Waals surface area contributed by atoms with Crippen molar-refractivity contribution in [3.63, 3.8) is 0 Å². The van der Waals surface area contributed by atoms with E-state index in [9.17, 15) is 24.0 Å². The third-order valence-corrected chi connectivity index (χ3v) is 3.34. The number of thiol groups is 1. The summed E-state index contributed by atoms with van der Waals surface area (Å²) in [7, 11) is 0. The van der Waals surface area contributed by atoms with Crippen molar-refractivity contribution in [2.24, 2.45) is 5.73 Å². The maximum absolute atomic E-state index is 12.0. The minimum absolute atomic E-state index is 0.176. The van der Waals surface area contributed by atoms with Crippen LogP contribution in [0.1, 0.15) is 20.3 Å². The van der Waals surface area contributed by atoms with Crippen molar-refractivity contribution in [1.29, 1.82) is 0 Å². The number of hydrogen-bond acceptors (Lipinski definition) is 7. The van der Waals surface area contributed by atoms with Gasteiger partial charge >= 0.3 is 11.9 Å². The first-order valence-corrected chi connectivity index (χ1v) is 7.85. The zero-order chi connectivity index (χ0) is 19.7. The van der Waals surface area contributed by atoms with Gasteiger partial charge in [0.05, 0.1) is 12.5 Å². The number of carboxylic acids is 2. The van der Waals surface area contributed by atoms with Crippen LogP contribution >= 0.6 is 12.6 Å². The van der Waals surface area contributed by atoms with Crippen molar-refractivity contribution < 1.29 is 34.2 Å². The summed E-state index contributed by atoms with van der Waals surface area (Å²) in [5.41, 5.74) is 5.36. The molecule has 3 amide bonds. The summed E-state index contributed by atoms with van der Waals surface area (Å²) in [4.78, 5) is 57.0. The first-order valence-electron chi connectivity index (χ1n) is 7.21. The highest BCUT2D eigenvalue weighted by molar-refractivity contribution is 7.80. The van der Waals surface area contributed by atoms with Gasteiger partial charge in [-0.2, -0.15) is 12.6 Å². The molecule has 0 fully saturated rings. The van der Waals surface area contributed by atoms with Crippen LogP contribution in [-0.4, -0.2) is 69.8 Å². The predicted octanol–water partition coefficient (Wildman–Crippen LogP) is -2.70. The van der Waals surface area contributed by atoms with Gasteiger partial charge in [-0.1, -0.05) is 0 Å². The first kappa shape index (κ1) is 22.7. The van der Waals surface area contributed by atoms with E-state index in [0.717, 1.165) is 0 Å². The van der Waals surface area contributed by atoms with Crippen molar-refractivity contribution in [1.82, 2.24) is 16.0 Å². The first-order chi connectivity index (χ1) is 11.5. The van der Waals surface area contributed by atoms with Crippen LogP contribution < -0.4 is 21.7 Å². The fraction of sp³-hybridized carbons (Fsp3) is 0.615. The minimum atomic E-state index is -1.65. The average molecular weight is 378 g/mol. The van der Waals surface area contributed by atoms with Gasteiger partial charge in [-0.3, -0.25) is 19.2 Å². The minimum Gasteiger partial charge on any atom is -0.481 e. The zero-order valence-electron chi connectivity index (χ0n) is 13.7. The third kappa shape index (κ3) is 8.35. The molecule has 0 spiro atoms. The molecule has 0 saturated heterocycles. The topological polar surface area (TPSA) is 188 Å². The second-order valence-corrected chi connectivity index (χ2v) is 5.63. The molecule has 7 N–H and O–H groups in total. The van der Waals surface area contributed by atoms with E-state index in [0.29, 0.717) is 0 Å². The number of nitrogens with two attached hydrogens (primary N) is 1. The van der Waals surface area contributed by atoms with Crippen LogP contribution in [0.2, 0.25) is 0 Å². The molecule has 25 heavy (non-hydrogen) atoms. The summed E-state index contributed by atoms with van der Waals surface area (Å²) in [6.45, 7) is 2.80. The van der Waals surface area contributed by atoms with Crippen LogP contribution in [0.25, 0.3) is 0 Å². The van der Waals surface area contributed by atoms with Crippen molar-refractivity contribution >= 4 is 42.3 Å². The smallest absolute Gasteiger partial charge is 0.326 e. The molecule has 0 aromatic carbocycles. The molecule has 0 aliphatic heterocycles. The Kier molecular flexibility index (Phi) is 9.53. The molecule has 11 nitrogen and oxygen atoms in total. The molecule has 0 aromatic heterocycles. The van der Waals surface area contributed by atoms with Gasteiger partial charge < -0.3 is 31.9 Å². The van der Waals surface area contributed by atoms with E-state index >= 15 is 0 Å². The maximum atomic E-state index is 12.0. The molecule has 4 atom stereocenters. The highest BCUT2D eigenvalue weighted by atomic mass is 32.1. The van der Waals surface area contributed by atoms with Crippen LogP contribution in [0.5, 0.6) is 0 Å². The Bertz CT molecular complexity index is 540. The fourth-order valence-electron chi connectivity index (χ4n) is 1.55. The van der Waals surface area contributed by atoms with E-state index in [4.69, 9.17) is 15.9 Å². The summed E-state index contributed by atoms with van der Waals surface area (Å²) < 4.78 is 0. The van der Waals surface area contributed by atoms with Gasteiger partial charge in [0.2, 0.25) is 17.7 Å². The van der Waals surface area contributed by atoms with Gasteiger partial charge in [0.25, 0.3) is 0 Å². The SMILES string of the molecule is CC(N)C(=O)NC(C)C(=O)NC(CS)C(=O)NC(CC(=O)O)C(=O)O. The van der Waals surface area contributed by atoms with Crippen LogP contribution in [0.4, 0.5) is 0 Å². The number of carbonyl (C=O) groups excluding carboxylic acids is 3. The van der Waals surface area contributed by atoms with E-state index in [-0.39, 0.29) is 5.75 Å². The van der Waals surface area contributed by atoms with Gasteiger partial charge in [0, 0.05) is 5.75 Å². The normalized spacial score (nSPS) is 15.2. The Labute approximate surface area is 149 Å². The van der Waals surface area contributed by atoms with Crippen molar-refractivity contribution in [3.8, 4) is 0 Å². The Morgan fingerprint density at radius 2 is 1.44 bits per heavy atom. The Balaban J connectivity index is 4.82. The molecule has 0 radical (unpaired) electrons. The van der Waals surface area contributed by atoms with Crippen LogP contribution in [0.3, 0.4) is 0 Å². The molecule has 0 bridgehead atoms. The summed E-state index contributed by atoms with van der Waals surface area (Å²) >= 11 is 3.90. The summed E-state index contributed by atoms with van der Waals surface area (Å²) in [6, 6.07) is -4.70. The summed E-state index contributed by atoms with van der Waals surface area (Å²) in [5.74, 6) is -5.31. The number of rotatable bonds is 10. The third-order valence-electron chi connectivity index (χ3n) is 2.97. The highest BCUT2D eigenvalue weighted by Gasteiger charge is 2.28. The Morgan fingerprint density at radius 3 is 1.84 bits per heavy atom. The molecule has 142 valence electrons.